The quantitative estimate of drug-likeness (QED) is 0.436. The van der Waals surface area contributed by atoms with Crippen LogP contribution in [0.5, 0.6) is 0 Å². The Morgan fingerprint density at radius 2 is 1.57 bits per heavy atom. The molecule has 0 aromatic heterocycles. The van der Waals surface area contributed by atoms with Crippen LogP contribution in [0.4, 0.5) is 23.2 Å². The van der Waals surface area contributed by atoms with E-state index in [4.69, 9.17) is 0 Å². The summed E-state index contributed by atoms with van der Waals surface area (Å²) < 4.78 is 56.0. The molecule has 0 radical (unpaired) electrons. The van der Waals surface area contributed by atoms with Crippen LogP contribution in [0.25, 0.3) is 0 Å². The standard InChI is InChI=1S/C19H15F4NO4/c20-13-7-5-12(6-8-13)16(25)9-10-18(27)28-11-17(26)24-15-4-2-1-3-14(15)19(21,22)23/h1-8H,9-11H2,(H,24,26). The normalized spacial score (nSPS) is 11.0. The van der Waals surface area contributed by atoms with Gasteiger partial charge >= 0.3 is 12.1 Å². The van der Waals surface area contributed by atoms with Crippen LogP contribution in [-0.2, 0) is 20.5 Å². The van der Waals surface area contributed by atoms with Gasteiger partial charge < -0.3 is 10.1 Å². The van der Waals surface area contributed by atoms with Crippen molar-refractivity contribution >= 4 is 23.3 Å². The third kappa shape index (κ3) is 6.19. The van der Waals surface area contributed by atoms with E-state index in [0.29, 0.717) is 0 Å². The van der Waals surface area contributed by atoms with Crippen molar-refractivity contribution in [2.24, 2.45) is 0 Å². The molecule has 1 amide bonds. The highest BCUT2D eigenvalue weighted by molar-refractivity contribution is 5.98. The van der Waals surface area contributed by atoms with E-state index in [0.717, 1.165) is 24.3 Å². The summed E-state index contributed by atoms with van der Waals surface area (Å²) in [6, 6.07) is 9.13. The number of amides is 1. The lowest BCUT2D eigenvalue weighted by Crippen LogP contribution is -2.23. The second-order valence-electron chi connectivity index (χ2n) is 5.68. The summed E-state index contributed by atoms with van der Waals surface area (Å²) in [7, 11) is 0. The highest BCUT2D eigenvalue weighted by atomic mass is 19.4. The van der Waals surface area contributed by atoms with Crippen molar-refractivity contribution < 1.29 is 36.7 Å². The monoisotopic (exact) mass is 397 g/mol. The molecule has 5 nitrogen and oxygen atoms in total. The Morgan fingerprint density at radius 3 is 2.21 bits per heavy atom. The molecular weight excluding hydrogens is 382 g/mol. The molecule has 2 rings (SSSR count). The van der Waals surface area contributed by atoms with Gasteiger partial charge in [0.05, 0.1) is 17.7 Å². The summed E-state index contributed by atoms with van der Waals surface area (Å²) in [5, 5.41) is 2.03. The molecule has 0 unspecified atom stereocenters. The molecule has 0 spiro atoms. The number of alkyl halides is 3. The predicted octanol–water partition coefficient (Wildman–Crippen LogP) is 3.99. The Bertz CT molecular complexity index is 863. The molecular formula is C19H15F4NO4. The molecule has 0 heterocycles. The third-order valence-corrected chi connectivity index (χ3v) is 3.59. The van der Waals surface area contributed by atoms with Gasteiger partial charge in [-0.25, -0.2) is 4.39 Å². The number of hydrogen-bond donors (Lipinski definition) is 1. The summed E-state index contributed by atoms with van der Waals surface area (Å²) in [4.78, 5) is 35.2. The highest BCUT2D eigenvalue weighted by Gasteiger charge is 2.33. The summed E-state index contributed by atoms with van der Waals surface area (Å²) in [5.74, 6) is -2.74. The first-order valence-electron chi connectivity index (χ1n) is 8.07. The minimum absolute atomic E-state index is 0.218. The zero-order valence-corrected chi connectivity index (χ0v) is 14.4. The maximum absolute atomic E-state index is 12.9. The van der Waals surface area contributed by atoms with Crippen molar-refractivity contribution in [3.05, 3.63) is 65.5 Å². The molecule has 0 atom stereocenters. The topological polar surface area (TPSA) is 72.5 Å². The number of hydrogen-bond acceptors (Lipinski definition) is 4. The molecule has 2 aromatic rings. The van der Waals surface area contributed by atoms with Crippen LogP contribution in [0.2, 0.25) is 0 Å². The van der Waals surface area contributed by atoms with Gasteiger partial charge in [-0.2, -0.15) is 13.2 Å². The van der Waals surface area contributed by atoms with E-state index < -0.39 is 47.5 Å². The fourth-order valence-electron chi connectivity index (χ4n) is 2.24. The van der Waals surface area contributed by atoms with Crippen molar-refractivity contribution in [3.8, 4) is 0 Å². The van der Waals surface area contributed by atoms with Crippen LogP contribution in [-0.4, -0.2) is 24.3 Å². The number of para-hydroxylation sites is 1. The van der Waals surface area contributed by atoms with Crippen LogP contribution in [0.15, 0.2) is 48.5 Å². The Morgan fingerprint density at radius 1 is 0.929 bits per heavy atom. The number of carbonyl (C=O) groups is 3. The molecule has 2 aromatic carbocycles. The van der Waals surface area contributed by atoms with Crippen molar-refractivity contribution in [3.63, 3.8) is 0 Å². The number of halogens is 4. The van der Waals surface area contributed by atoms with Gasteiger partial charge in [0, 0.05) is 12.0 Å². The number of ketones is 1. The van der Waals surface area contributed by atoms with Gasteiger partial charge in [0.1, 0.15) is 5.82 Å². The Balaban J connectivity index is 1.81. The van der Waals surface area contributed by atoms with Gasteiger partial charge in [-0.05, 0) is 36.4 Å². The number of carbonyl (C=O) groups excluding carboxylic acids is 3. The number of rotatable bonds is 7. The minimum Gasteiger partial charge on any atom is -0.456 e. The lowest BCUT2D eigenvalue weighted by molar-refractivity contribution is -0.147. The molecule has 28 heavy (non-hydrogen) atoms. The van der Waals surface area contributed by atoms with Crippen molar-refractivity contribution in [2.75, 3.05) is 11.9 Å². The van der Waals surface area contributed by atoms with Crippen molar-refractivity contribution in [1.82, 2.24) is 0 Å². The van der Waals surface area contributed by atoms with Crippen LogP contribution in [0, 0.1) is 5.82 Å². The van der Waals surface area contributed by atoms with E-state index >= 15 is 0 Å². The summed E-state index contributed by atoms with van der Waals surface area (Å²) in [6.07, 6.45) is -5.20. The maximum Gasteiger partial charge on any atom is 0.418 e. The smallest absolute Gasteiger partial charge is 0.418 e. The lowest BCUT2D eigenvalue weighted by atomic mass is 10.1. The second-order valence-corrected chi connectivity index (χ2v) is 5.68. The van der Waals surface area contributed by atoms with E-state index in [-0.39, 0.29) is 18.4 Å². The number of esters is 1. The maximum atomic E-state index is 12.9. The molecule has 0 fully saturated rings. The fraction of sp³-hybridized carbons (Fsp3) is 0.211. The zero-order chi connectivity index (χ0) is 20.7. The molecule has 0 saturated heterocycles. The lowest BCUT2D eigenvalue weighted by Gasteiger charge is -2.13. The van der Waals surface area contributed by atoms with E-state index in [1.165, 1.54) is 24.3 Å². The first-order valence-corrected chi connectivity index (χ1v) is 8.07. The molecule has 1 N–H and O–H groups in total. The molecule has 0 aliphatic carbocycles. The van der Waals surface area contributed by atoms with Crippen LogP contribution >= 0.6 is 0 Å². The molecule has 0 bridgehead atoms. The fourth-order valence-corrected chi connectivity index (χ4v) is 2.24. The largest absolute Gasteiger partial charge is 0.456 e. The van der Waals surface area contributed by atoms with E-state index in [1.807, 2.05) is 5.32 Å². The van der Waals surface area contributed by atoms with Gasteiger partial charge in [0.15, 0.2) is 12.4 Å². The van der Waals surface area contributed by atoms with Crippen LogP contribution < -0.4 is 5.32 Å². The molecule has 9 heteroatoms. The number of ether oxygens (including phenoxy) is 1. The third-order valence-electron chi connectivity index (χ3n) is 3.59. The number of nitrogens with one attached hydrogen (secondary N) is 1. The average molecular weight is 397 g/mol. The van der Waals surface area contributed by atoms with Gasteiger partial charge in [0.2, 0.25) is 0 Å². The number of anilines is 1. The summed E-state index contributed by atoms with van der Waals surface area (Å²) in [6.45, 7) is -0.796. The van der Waals surface area contributed by atoms with Crippen LogP contribution in [0.3, 0.4) is 0 Å². The average Bonchev–Trinajstić information content (AvgIpc) is 2.64. The zero-order valence-electron chi connectivity index (χ0n) is 14.4. The van der Waals surface area contributed by atoms with Gasteiger partial charge in [0.25, 0.3) is 5.91 Å². The van der Waals surface area contributed by atoms with Crippen molar-refractivity contribution in [1.29, 1.82) is 0 Å². The highest BCUT2D eigenvalue weighted by Crippen LogP contribution is 2.34. The van der Waals surface area contributed by atoms with Gasteiger partial charge in [-0.1, -0.05) is 12.1 Å². The SMILES string of the molecule is O=C(COC(=O)CCC(=O)c1ccc(F)cc1)Nc1ccccc1C(F)(F)F. The Labute approximate surface area is 157 Å². The Kier molecular flexibility index (Phi) is 6.86. The number of benzene rings is 2. The summed E-state index contributed by atoms with van der Waals surface area (Å²) >= 11 is 0. The van der Waals surface area contributed by atoms with Gasteiger partial charge in [-0.3, -0.25) is 14.4 Å². The molecule has 148 valence electrons. The van der Waals surface area contributed by atoms with E-state index in [1.54, 1.807) is 0 Å². The molecule has 0 aliphatic heterocycles. The van der Waals surface area contributed by atoms with E-state index in [2.05, 4.69) is 4.74 Å². The first kappa shape index (κ1) is 21.1. The van der Waals surface area contributed by atoms with Crippen LogP contribution in [0.1, 0.15) is 28.8 Å². The van der Waals surface area contributed by atoms with Crippen molar-refractivity contribution in [2.45, 2.75) is 19.0 Å². The predicted molar refractivity (Wildman–Crippen MR) is 91.0 cm³/mol. The molecule has 0 aliphatic rings. The first-order chi connectivity index (χ1) is 13.2. The second kappa shape index (κ2) is 9.12. The summed E-state index contributed by atoms with van der Waals surface area (Å²) in [5.41, 5.74) is -1.27. The van der Waals surface area contributed by atoms with Gasteiger partial charge in [-0.15, -0.1) is 0 Å². The van der Waals surface area contributed by atoms with E-state index in [9.17, 15) is 31.9 Å². The molecule has 0 saturated carbocycles. The number of Topliss-reactive ketones (excluding diaryl/α,β-unsaturated/α-hetero) is 1. The minimum atomic E-state index is -4.65. The Hall–Kier alpha value is -3.23.